The second-order valence-corrected chi connectivity index (χ2v) is 5.43. The summed E-state index contributed by atoms with van der Waals surface area (Å²) < 4.78 is 0. The van der Waals surface area contributed by atoms with Crippen LogP contribution in [0.5, 0.6) is 0 Å². The second kappa shape index (κ2) is 6.57. The molecular formula is C15H23N3O. The van der Waals surface area contributed by atoms with E-state index in [1.54, 1.807) is 0 Å². The van der Waals surface area contributed by atoms with Crippen molar-refractivity contribution in [3.05, 3.63) is 29.8 Å². The fourth-order valence-electron chi connectivity index (χ4n) is 2.45. The summed E-state index contributed by atoms with van der Waals surface area (Å²) in [6.07, 6.45) is 1.19. The molecule has 0 aliphatic carbocycles. The van der Waals surface area contributed by atoms with Crippen molar-refractivity contribution in [1.29, 1.82) is 0 Å². The molecule has 0 spiro atoms. The number of rotatable bonds is 3. The standard InChI is InChI=1S/C15H23N3O/c1-11-4-3-5-14(8-11)18-15(19)17-10-13-9-16-7-6-12(13)2/h3-5,8,12-13,16H,6-7,9-10H2,1-2H3,(H2,17,18,19). The maximum atomic E-state index is 11.8. The topological polar surface area (TPSA) is 53.2 Å². The molecule has 3 N–H and O–H groups in total. The highest BCUT2D eigenvalue weighted by Crippen LogP contribution is 2.17. The quantitative estimate of drug-likeness (QED) is 0.782. The van der Waals surface area contributed by atoms with Gasteiger partial charge in [-0.25, -0.2) is 4.79 Å². The van der Waals surface area contributed by atoms with Gasteiger partial charge < -0.3 is 16.0 Å². The summed E-state index contributed by atoms with van der Waals surface area (Å²) in [5, 5.41) is 9.20. The molecule has 0 aromatic heterocycles. The molecule has 0 saturated carbocycles. The first kappa shape index (κ1) is 13.9. The molecule has 4 heteroatoms. The van der Waals surface area contributed by atoms with Gasteiger partial charge in [-0.2, -0.15) is 0 Å². The zero-order valence-electron chi connectivity index (χ0n) is 11.7. The van der Waals surface area contributed by atoms with Gasteiger partial charge in [0.1, 0.15) is 0 Å². The minimum Gasteiger partial charge on any atom is -0.338 e. The molecule has 1 aliphatic rings. The Morgan fingerprint density at radius 1 is 1.47 bits per heavy atom. The predicted molar refractivity (Wildman–Crippen MR) is 78.3 cm³/mol. The third-order valence-corrected chi connectivity index (χ3v) is 3.79. The van der Waals surface area contributed by atoms with Gasteiger partial charge in [-0.3, -0.25) is 0 Å². The molecule has 2 amide bonds. The van der Waals surface area contributed by atoms with Gasteiger partial charge in [0.15, 0.2) is 0 Å². The lowest BCUT2D eigenvalue weighted by molar-refractivity contribution is 0.238. The Morgan fingerprint density at radius 3 is 3.05 bits per heavy atom. The summed E-state index contributed by atoms with van der Waals surface area (Å²) >= 11 is 0. The molecule has 1 aliphatic heterocycles. The highest BCUT2D eigenvalue weighted by Gasteiger charge is 2.21. The lowest BCUT2D eigenvalue weighted by Gasteiger charge is -2.29. The maximum absolute atomic E-state index is 11.8. The normalized spacial score (nSPS) is 22.8. The molecule has 1 saturated heterocycles. The lowest BCUT2D eigenvalue weighted by Crippen LogP contribution is -2.43. The zero-order chi connectivity index (χ0) is 13.7. The lowest BCUT2D eigenvalue weighted by atomic mass is 9.88. The van der Waals surface area contributed by atoms with Gasteiger partial charge in [-0.1, -0.05) is 19.1 Å². The van der Waals surface area contributed by atoms with Crippen LogP contribution in [0.25, 0.3) is 0 Å². The Balaban J connectivity index is 1.78. The SMILES string of the molecule is Cc1cccc(NC(=O)NCC2CNCCC2C)c1. The first-order valence-corrected chi connectivity index (χ1v) is 6.97. The number of piperidine rings is 1. The Labute approximate surface area is 115 Å². The molecule has 1 aromatic carbocycles. The van der Waals surface area contributed by atoms with Crippen molar-refractivity contribution in [2.45, 2.75) is 20.3 Å². The molecule has 0 radical (unpaired) electrons. The van der Waals surface area contributed by atoms with Crippen LogP contribution in [-0.2, 0) is 0 Å². The maximum Gasteiger partial charge on any atom is 0.319 e. The molecule has 2 unspecified atom stereocenters. The summed E-state index contributed by atoms with van der Waals surface area (Å²) in [5.74, 6) is 1.19. The molecule has 2 atom stereocenters. The average Bonchev–Trinajstić information content (AvgIpc) is 2.38. The Morgan fingerprint density at radius 2 is 2.32 bits per heavy atom. The Kier molecular flexibility index (Phi) is 4.80. The van der Waals surface area contributed by atoms with Gasteiger partial charge in [0.05, 0.1) is 0 Å². The van der Waals surface area contributed by atoms with Crippen LogP contribution in [0.3, 0.4) is 0 Å². The van der Waals surface area contributed by atoms with Crippen molar-refractivity contribution < 1.29 is 4.79 Å². The van der Waals surface area contributed by atoms with E-state index in [2.05, 4.69) is 22.9 Å². The van der Waals surface area contributed by atoms with Gasteiger partial charge >= 0.3 is 6.03 Å². The number of anilines is 1. The number of aryl methyl sites for hydroxylation is 1. The first-order valence-electron chi connectivity index (χ1n) is 6.97. The van der Waals surface area contributed by atoms with Crippen LogP contribution in [0.4, 0.5) is 10.5 Å². The molecule has 1 aromatic rings. The van der Waals surface area contributed by atoms with Crippen molar-refractivity contribution in [2.24, 2.45) is 11.8 Å². The summed E-state index contributed by atoms with van der Waals surface area (Å²) in [7, 11) is 0. The average molecular weight is 261 g/mol. The van der Waals surface area contributed by atoms with E-state index in [4.69, 9.17) is 0 Å². The third kappa shape index (κ3) is 4.24. The number of hydrogen-bond acceptors (Lipinski definition) is 2. The number of hydrogen-bond donors (Lipinski definition) is 3. The number of amides is 2. The summed E-state index contributed by atoms with van der Waals surface area (Å²) in [6.45, 7) is 7.08. The van der Waals surface area contributed by atoms with Crippen molar-refractivity contribution in [1.82, 2.24) is 10.6 Å². The van der Waals surface area contributed by atoms with E-state index in [9.17, 15) is 4.79 Å². The summed E-state index contributed by atoms with van der Waals surface area (Å²) in [6, 6.07) is 7.70. The summed E-state index contributed by atoms with van der Waals surface area (Å²) in [5.41, 5.74) is 1.98. The van der Waals surface area contributed by atoms with Crippen molar-refractivity contribution in [3.63, 3.8) is 0 Å². The molecule has 4 nitrogen and oxygen atoms in total. The van der Waals surface area contributed by atoms with E-state index in [-0.39, 0.29) is 6.03 Å². The third-order valence-electron chi connectivity index (χ3n) is 3.79. The predicted octanol–water partition coefficient (Wildman–Crippen LogP) is 2.36. The summed E-state index contributed by atoms with van der Waals surface area (Å²) in [4.78, 5) is 11.8. The van der Waals surface area contributed by atoms with Crippen LogP contribution in [-0.4, -0.2) is 25.7 Å². The Bertz CT molecular complexity index is 433. The molecular weight excluding hydrogens is 238 g/mol. The van der Waals surface area contributed by atoms with Gasteiger partial charge in [-0.15, -0.1) is 0 Å². The number of benzene rings is 1. The molecule has 0 bridgehead atoms. The van der Waals surface area contributed by atoms with Crippen molar-refractivity contribution >= 4 is 11.7 Å². The van der Waals surface area contributed by atoms with Crippen LogP contribution >= 0.6 is 0 Å². The zero-order valence-corrected chi connectivity index (χ0v) is 11.7. The van der Waals surface area contributed by atoms with Crippen LogP contribution < -0.4 is 16.0 Å². The molecule has 1 fully saturated rings. The molecule has 1 heterocycles. The number of carbonyl (C=O) groups is 1. The Hall–Kier alpha value is -1.55. The second-order valence-electron chi connectivity index (χ2n) is 5.43. The monoisotopic (exact) mass is 261 g/mol. The van der Waals surface area contributed by atoms with E-state index in [1.165, 1.54) is 6.42 Å². The van der Waals surface area contributed by atoms with E-state index in [0.29, 0.717) is 11.8 Å². The van der Waals surface area contributed by atoms with E-state index < -0.39 is 0 Å². The van der Waals surface area contributed by atoms with Crippen LogP contribution in [0, 0.1) is 18.8 Å². The van der Waals surface area contributed by atoms with E-state index in [0.717, 1.165) is 30.9 Å². The largest absolute Gasteiger partial charge is 0.338 e. The fourth-order valence-corrected chi connectivity index (χ4v) is 2.45. The van der Waals surface area contributed by atoms with Crippen LogP contribution in [0.15, 0.2) is 24.3 Å². The van der Waals surface area contributed by atoms with Gasteiger partial charge in [-0.05, 0) is 56.0 Å². The number of nitrogens with one attached hydrogen (secondary N) is 3. The van der Waals surface area contributed by atoms with Gasteiger partial charge in [0, 0.05) is 12.2 Å². The van der Waals surface area contributed by atoms with Crippen LogP contribution in [0.1, 0.15) is 18.9 Å². The highest BCUT2D eigenvalue weighted by molar-refractivity contribution is 5.89. The first-order chi connectivity index (χ1) is 9.15. The van der Waals surface area contributed by atoms with Gasteiger partial charge in [0.2, 0.25) is 0 Å². The fraction of sp³-hybridized carbons (Fsp3) is 0.533. The highest BCUT2D eigenvalue weighted by atomic mass is 16.2. The minimum absolute atomic E-state index is 0.122. The number of carbonyl (C=O) groups excluding carboxylic acids is 1. The number of urea groups is 1. The van der Waals surface area contributed by atoms with E-state index >= 15 is 0 Å². The van der Waals surface area contributed by atoms with Crippen molar-refractivity contribution in [3.8, 4) is 0 Å². The van der Waals surface area contributed by atoms with E-state index in [1.807, 2.05) is 31.2 Å². The smallest absolute Gasteiger partial charge is 0.319 e. The van der Waals surface area contributed by atoms with Crippen molar-refractivity contribution in [2.75, 3.05) is 25.0 Å². The van der Waals surface area contributed by atoms with Gasteiger partial charge in [0.25, 0.3) is 0 Å². The van der Waals surface area contributed by atoms with Crippen LogP contribution in [0.2, 0.25) is 0 Å². The minimum atomic E-state index is -0.122. The molecule has 2 rings (SSSR count). The molecule has 104 valence electrons. The molecule has 19 heavy (non-hydrogen) atoms.